The molecule has 0 aromatic rings. The first-order valence-corrected chi connectivity index (χ1v) is 9.43. The van der Waals surface area contributed by atoms with Crippen LogP contribution in [0.1, 0.15) is 51.9 Å². The minimum Gasteiger partial charge on any atom is -0.776 e. The predicted molar refractivity (Wildman–Crippen MR) is 65.0 cm³/mol. The van der Waals surface area contributed by atoms with Crippen molar-refractivity contribution in [3.63, 3.8) is 0 Å². The molecule has 7 nitrogen and oxygen atoms in total. The minimum absolute atomic E-state index is 0. The summed E-state index contributed by atoms with van der Waals surface area (Å²) in [5.41, 5.74) is -0.672. The van der Waals surface area contributed by atoms with Gasteiger partial charge in [-0.3, -0.25) is 0 Å². The van der Waals surface area contributed by atoms with Crippen LogP contribution in [-0.2, 0) is 9.13 Å². The molecule has 2 atom stereocenters. The topological polar surface area (TPSA) is 141 Å². The van der Waals surface area contributed by atoms with Crippen molar-refractivity contribution >= 4 is 15.2 Å². The average Bonchev–Trinajstić information content (AvgIpc) is 2.63. The molecule has 0 aliphatic heterocycles. The first kappa shape index (κ1) is 25.5. The van der Waals surface area contributed by atoms with Crippen molar-refractivity contribution in [3.8, 4) is 0 Å². The second-order valence-electron chi connectivity index (χ2n) is 5.45. The van der Waals surface area contributed by atoms with Gasteiger partial charge in [0.1, 0.15) is 0 Å². The Morgan fingerprint density at radius 1 is 1.10 bits per heavy atom. The zero-order chi connectivity index (χ0) is 14.9. The molecular weight excluding hydrogens is 340 g/mol. The van der Waals surface area contributed by atoms with Gasteiger partial charge in [0.15, 0.2) is 20.3 Å². The smallest absolute Gasteiger partial charge is 0.776 e. The molecule has 2 unspecified atom stereocenters. The standard InChI is InChI=1S/C10H22O7P2.2Na/c1-2-5-9(6-3-4-7-9)8-10(11,18(12,13)14)19(15,16)17;;/h11H,2-8H2,1H3,(H2,12,13,14)(H2,15,16,17);;/q;2*+1/p-2. The van der Waals surface area contributed by atoms with E-state index in [1.807, 2.05) is 6.92 Å². The van der Waals surface area contributed by atoms with E-state index in [1.165, 1.54) is 0 Å². The van der Waals surface area contributed by atoms with Gasteiger partial charge < -0.3 is 33.8 Å². The molecule has 0 saturated heterocycles. The SMILES string of the molecule is CCCC1(CC(O)(P(=O)([O-])O)P(=O)([O-])O)CCCC1.[Na+].[Na+]. The maximum absolute atomic E-state index is 11.2. The molecule has 1 aliphatic rings. The summed E-state index contributed by atoms with van der Waals surface area (Å²) in [7, 11) is -11.3. The summed E-state index contributed by atoms with van der Waals surface area (Å²) in [6.07, 6.45) is 3.31. The third-order valence-electron chi connectivity index (χ3n) is 3.96. The Hall–Kier alpha value is 2.26. The summed E-state index contributed by atoms with van der Waals surface area (Å²) >= 11 is 0. The van der Waals surface area contributed by atoms with E-state index in [-0.39, 0.29) is 59.1 Å². The van der Waals surface area contributed by atoms with E-state index >= 15 is 0 Å². The van der Waals surface area contributed by atoms with Gasteiger partial charge in [-0.05, 0) is 31.1 Å². The summed E-state index contributed by atoms with van der Waals surface area (Å²) in [4.78, 5) is 40.5. The molecule has 0 amide bonds. The molecule has 0 aromatic heterocycles. The average molecular weight is 360 g/mol. The van der Waals surface area contributed by atoms with Crippen LogP contribution in [0.15, 0.2) is 0 Å². The van der Waals surface area contributed by atoms with Crippen molar-refractivity contribution in [1.29, 1.82) is 0 Å². The van der Waals surface area contributed by atoms with Gasteiger partial charge in [-0.15, -0.1) is 0 Å². The zero-order valence-electron chi connectivity index (χ0n) is 12.8. The van der Waals surface area contributed by atoms with Gasteiger partial charge in [-0.1, -0.05) is 26.2 Å². The van der Waals surface area contributed by atoms with Gasteiger partial charge in [0.05, 0.1) is 0 Å². The Balaban J connectivity index is 0. The second kappa shape index (κ2) is 9.10. The van der Waals surface area contributed by atoms with E-state index in [2.05, 4.69) is 0 Å². The number of rotatable bonds is 6. The summed E-state index contributed by atoms with van der Waals surface area (Å²) < 4.78 is 22.5. The molecule has 0 bridgehead atoms. The number of hydrogen-bond acceptors (Lipinski definition) is 5. The molecule has 21 heavy (non-hydrogen) atoms. The summed E-state index contributed by atoms with van der Waals surface area (Å²) in [6, 6.07) is 0. The van der Waals surface area contributed by atoms with E-state index < -0.39 is 32.1 Å². The molecule has 1 aliphatic carbocycles. The van der Waals surface area contributed by atoms with Gasteiger partial charge in [0.25, 0.3) is 0 Å². The molecule has 1 fully saturated rings. The van der Waals surface area contributed by atoms with Gasteiger partial charge >= 0.3 is 59.1 Å². The number of hydrogen-bond donors (Lipinski definition) is 3. The van der Waals surface area contributed by atoms with Crippen LogP contribution in [-0.4, -0.2) is 20.0 Å². The van der Waals surface area contributed by atoms with Crippen LogP contribution in [0.4, 0.5) is 0 Å². The van der Waals surface area contributed by atoms with Gasteiger partial charge in [0.2, 0.25) is 0 Å². The molecular formula is C10H20Na2O7P2. The van der Waals surface area contributed by atoms with Crippen molar-refractivity contribution in [3.05, 3.63) is 0 Å². The quantitative estimate of drug-likeness (QED) is 0.317. The summed E-state index contributed by atoms with van der Waals surface area (Å²) in [6.45, 7) is 1.87. The molecule has 3 N–H and O–H groups in total. The monoisotopic (exact) mass is 360 g/mol. The largest absolute Gasteiger partial charge is 1.00 e. The zero-order valence-corrected chi connectivity index (χ0v) is 18.6. The first-order chi connectivity index (χ1) is 8.47. The fourth-order valence-electron chi connectivity index (χ4n) is 3.03. The van der Waals surface area contributed by atoms with E-state index in [0.29, 0.717) is 25.7 Å². The van der Waals surface area contributed by atoms with Crippen molar-refractivity contribution < 1.29 is 92.9 Å². The van der Waals surface area contributed by atoms with Gasteiger partial charge in [0, 0.05) is 0 Å². The van der Waals surface area contributed by atoms with Crippen LogP contribution in [0, 0.1) is 5.41 Å². The second-order valence-corrected chi connectivity index (χ2v) is 9.36. The number of aliphatic hydroxyl groups is 1. The van der Waals surface area contributed by atoms with Crippen molar-refractivity contribution in [1.82, 2.24) is 0 Å². The van der Waals surface area contributed by atoms with E-state index in [0.717, 1.165) is 12.8 Å². The Kier molecular flexibility index (Phi) is 11.0. The van der Waals surface area contributed by atoms with E-state index in [1.54, 1.807) is 0 Å². The van der Waals surface area contributed by atoms with E-state index in [9.17, 15) is 24.0 Å². The van der Waals surface area contributed by atoms with Crippen LogP contribution < -0.4 is 68.9 Å². The van der Waals surface area contributed by atoms with Crippen molar-refractivity contribution in [2.75, 3.05) is 0 Å². The van der Waals surface area contributed by atoms with Crippen molar-refractivity contribution in [2.24, 2.45) is 5.41 Å². The van der Waals surface area contributed by atoms with Crippen LogP contribution >= 0.6 is 15.2 Å². The molecule has 0 spiro atoms. The molecule has 0 aromatic carbocycles. The fraction of sp³-hybridized carbons (Fsp3) is 1.00. The molecule has 114 valence electrons. The van der Waals surface area contributed by atoms with Crippen LogP contribution in [0.5, 0.6) is 0 Å². The first-order valence-electron chi connectivity index (χ1n) is 6.28. The molecule has 1 saturated carbocycles. The van der Waals surface area contributed by atoms with E-state index in [4.69, 9.17) is 9.79 Å². The maximum atomic E-state index is 11.2. The van der Waals surface area contributed by atoms with Gasteiger partial charge in [-0.2, -0.15) is 0 Å². The molecule has 1 rings (SSSR count). The normalized spacial score (nSPS) is 25.6. The molecule has 0 heterocycles. The van der Waals surface area contributed by atoms with Crippen LogP contribution in [0.25, 0.3) is 0 Å². The molecule has 11 heteroatoms. The Labute approximate surface area is 169 Å². The van der Waals surface area contributed by atoms with Crippen LogP contribution in [0.2, 0.25) is 0 Å². The maximum Gasteiger partial charge on any atom is 1.00 e. The van der Waals surface area contributed by atoms with Crippen molar-refractivity contribution in [2.45, 2.75) is 57.0 Å². The Morgan fingerprint density at radius 3 is 1.76 bits per heavy atom. The minimum atomic E-state index is -5.65. The van der Waals surface area contributed by atoms with Crippen LogP contribution in [0.3, 0.4) is 0 Å². The Bertz CT molecular complexity index is 392. The molecule has 0 radical (unpaired) electrons. The fourth-order valence-corrected chi connectivity index (χ4v) is 5.38. The third-order valence-corrected chi connectivity index (χ3v) is 7.60. The summed E-state index contributed by atoms with van der Waals surface area (Å²) in [5.74, 6) is 0. The third kappa shape index (κ3) is 5.93. The van der Waals surface area contributed by atoms with Gasteiger partial charge in [-0.25, -0.2) is 0 Å². The summed E-state index contributed by atoms with van der Waals surface area (Å²) in [5, 5.41) is 6.40. The predicted octanol–water partition coefficient (Wildman–Crippen LogP) is -5.52. The Morgan fingerprint density at radius 2 is 1.48 bits per heavy atom.